The number of benzene rings is 1. The maximum Gasteiger partial charge on any atom is 0.431 e. The van der Waals surface area contributed by atoms with Gasteiger partial charge in [-0.1, -0.05) is 12.7 Å². The van der Waals surface area contributed by atoms with E-state index in [-0.39, 0.29) is 34.5 Å². The van der Waals surface area contributed by atoms with Crippen LogP contribution in [0.15, 0.2) is 46.5 Å². The summed E-state index contributed by atoms with van der Waals surface area (Å²) < 4.78 is 78.2. The van der Waals surface area contributed by atoms with Crippen LogP contribution >= 0.6 is 0 Å². The van der Waals surface area contributed by atoms with Crippen molar-refractivity contribution in [3.63, 3.8) is 0 Å². The first kappa shape index (κ1) is 24.6. The largest absolute Gasteiger partial charge is 0.489 e. The van der Waals surface area contributed by atoms with Crippen LogP contribution in [0, 0.1) is 6.92 Å². The third kappa shape index (κ3) is 5.29. The Kier molecular flexibility index (Phi) is 6.73. The van der Waals surface area contributed by atoms with E-state index < -0.39 is 42.9 Å². The van der Waals surface area contributed by atoms with E-state index in [4.69, 9.17) is 14.9 Å². The van der Waals surface area contributed by atoms with E-state index in [1.807, 2.05) is 0 Å². The Bertz CT molecular complexity index is 1090. The van der Waals surface area contributed by atoms with Crippen LogP contribution in [0.25, 0.3) is 11.0 Å². The Morgan fingerprint density at radius 3 is 2.73 bits per heavy atom. The van der Waals surface area contributed by atoms with Crippen LogP contribution in [0.5, 0.6) is 5.75 Å². The lowest BCUT2D eigenvalue weighted by Crippen LogP contribution is -2.57. The molecule has 3 rings (SSSR count). The molecule has 1 aliphatic heterocycles. The zero-order valence-electron chi connectivity index (χ0n) is 18.1. The normalized spacial score (nSPS) is 19.8. The first-order chi connectivity index (χ1) is 15.3. The van der Waals surface area contributed by atoms with Gasteiger partial charge >= 0.3 is 6.18 Å². The van der Waals surface area contributed by atoms with Crippen molar-refractivity contribution in [2.24, 2.45) is 5.73 Å². The molecule has 33 heavy (non-hydrogen) atoms. The van der Waals surface area contributed by atoms with Crippen molar-refractivity contribution in [2.45, 2.75) is 31.5 Å². The SMILES string of the molecule is C=C/C(COc1ccc2oc(C)c(C(=O)NC3CCN(C)CC3(F)F)c2c1)=C(\N)C(F)(F)F. The monoisotopic (exact) mass is 473 g/mol. The molecule has 0 radical (unpaired) electrons. The second-order valence-corrected chi connectivity index (χ2v) is 7.93. The minimum Gasteiger partial charge on any atom is -0.489 e. The highest BCUT2D eigenvalue weighted by Crippen LogP contribution is 2.32. The van der Waals surface area contributed by atoms with Crippen LogP contribution in [0.3, 0.4) is 0 Å². The number of ether oxygens (including phenoxy) is 1. The number of furan rings is 1. The van der Waals surface area contributed by atoms with Crippen LogP contribution in [0.4, 0.5) is 22.0 Å². The van der Waals surface area contributed by atoms with Gasteiger partial charge in [-0.3, -0.25) is 4.79 Å². The van der Waals surface area contributed by atoms with Crippen molar-refractivity contribution >= 4 is 16.9 Å². The number of nitrogens with two attached hydrogens (primary N) is 1. The molecule has 11 heteroatoms. The first-order valence-corrected chi connectivity index (χ1v) is 10.0. The van der Waals surface area contributed by atoms with E-state index in [2.05, 4.69) is 11.9 Å². The summed E-state index contributed by atoms with van der Waals surface area (Å²) in [6, 6.07) is 2.99. The number of alkyl halides is 5. The number of nitrogens with one attached hydrogen (secondary N) is 1. The van der Waals surface area contributed by atoms with E-state index in [1.165, 1.54) is 30.0 Å². The number of likely N-dealkylation sites (tertiary alicyclic amines) is 1. The lowest BCUT2D eigenvalue weighted by molar-refractivity contribution is -0.0936. The highest BCUT2D eigenvalue weighted by Gasteiger charge is 2.44. The summed E-state index contributed by atoms with van der Waals surface area (Å²) in [5.41, 5.74) is 3.80. The fraction of sp³-hybridized carbons (Fsp3) is 0.409. The predicted octanol–water partition coefficient (Wildman–Crippen LogP) is 4.15. The first-order valence-electron chi connectivity index (χ1n) is 10.0. The summed E-state index contributed by atoms with van der Waals surface area (Å²) >= 11 is 0. The van der Waals surface area contributed by atoms with Crippen LogP contribution in [-0.2, 0) is 0 Å². The van der Waals surface area contributed by atoms with Gasteiger partial charge in [0.1, 0.15) is 29.4 Å². The summed E-state index contributed by atoms with van der Waals surface area (Å²) in [7, 11) is 1.58. The number of hydrogen-bond acceptors (Lipinski definition) is 5. The fourth-order valence-electron chi connectivity index (χ4n) is 3.68. The zero-order chi connectivity index (χ0) is 24.6. The second kappa shape index (κ2) is 9.05. The van der Waals surface area contributed by atoms with E-state index in [1.54, 1.807) is 7.05 Å². The van der Waals surface area contributed by atoms with Gasteiger partial charge in [-0.15, -0.1) is 0 Å². The molecule has 1 amide bonds. The molecule has 1 atom stereocenters. The smallest absolute Gasteiger partial charge is 0.431 e. The van der Waals surface area contributed by atoms with Gasteiger partial charge in [0, 0.05) is 17.5 Å². The number of allylic oxidation sites excluding steroid dienone is 1. The molecule has 3 N–H and O–H groups in total. The number of piperidine rings is 1. The van der Waals surface area contributed by atoms with Gasteiger partial charge in [0.25, 0.3) is 11.8 Å². The Morgan fingerprint density at radius 2 is 2.12 bits per heavy atom. The highest BCUT2D eigenvalue weighted by atomic mass is 19.4. The maximum absolute atomic E-state index is 14.4. The summed E-state index contributed by atoms with van der Waals surface area (Å²) in [5, 5.41) is 2.68. The molecule has 0 spiro atoms. The topological polar surface area (TPSA) is 80.7 Å². The third-order valence-corrected chi connectivity index (χ3v) is 5.45. The summed E-state index contributed by atoms with van der Waals surface area (Å²) in [6.45, 7) is 4.26. The molecular weight excluding hydrogens is 449 g/mol. The molecule has 180 valence electrons. The Labute approximate surface area is 186 Å². The van der Waals surface area contributed by atoms with Crippen molar-refractivity contribution in [2.75, 3.05) is 26.7 Å². The number of hydrogen-bond donors (Lipinski definition) is 2. The number of rotatable bonds is 6. The molecule has 1 saturated heterocycles. The van der Waals surface area contributed by atoms with E-state index >= 15 is 0 Å². The van der Waals surface area contributed by atoms with Crippen molar-refractivity contribution in [1.82, 2.24) is 10.2 Å². The van der Waals surface area contributed by atoms with Gasteiger partial charge in [-0.05, 0) is 38.6 Å². The van der Waals surface area contributed by atoms with Gasteiger partial charge in [-0.2, -0.15) is 13.2 Å². The quantitative estimate of drug-likeness (QED) is 0.487. The van der Waals surface area contributed by atoms with Crippen LogP contribution in [0.1, 0.15) is 22.5 Å². The van der Waals surface area contributed by atoms with E-state index in [0.717, 1.165) is 6.08 Å². The molecule has 2 aromatic rings. The minimum atomic E-state index is -4.74. The molecule has 0 bridgehead atoms. The van der Waals surface area contributed by atoms with Gasteiger partial charge in [-0.25, -0.2) is 8.78 Å². The second-order valence-electron chi connectivity index (χ2n) is 7.93. The average molecular weight is 473 g/mol. The highest BCUT2D eigenvalue weighted by molar-refractivity contribution is 6.07. The van der Waals surface area contributed by atoms with Crippen LogP contribution in [-0.4, -0.2) is 55.7 Å². The molecule has 0 aliphatic carbocycles. The molecule has 2 heterocycles. The van der Waals surface area contributed by atoms with Crippen molar-refractivity contribution in [3.05, 3.63) is 53.4 Å². The summed E-state index contributed by atoms with van der Waals surface area (Å²) in [4.78, 5) is 14.4. The number of halogens is 5. The van der Waals surface area contributed by atoms with E-state index in [9.17, 15) is 26.7 Å². The van der Waals surface area contributed by atoms with Gasteiger partial charge < -0.3 is 25.1 Å². The van der Waals surface area contributed by atoms with Crippen LogP contribution in [0.2, 0.25) is 0 Å². The minimum absolute atomic E-state index is 0.0551. The van der Waals surface area contributed by atoms with Gasteiger partial charge in [0.05, 0.1) is 18.2 Å². The molecule has 1 unspecified atom stereocenters. The third-order valence-electron chi connectivity index (χ3n) is 5.45. The molecule has 1 aromatic heterocycles. The number of nitrogens with zero attached hydrogens (tertiary/aromatic N) is 1. The lowest BCUT2D eigenvalue weighted by Gasteiger charge is -2.36. The zero-order valence-corrected chi connectivity index (χ0v) is 18.1. The van der Waals surface area contributed by atoms with E-state index in [0.29, 0.717) is 12.1 Å². The van der Waals surface area contributed by atoms with Crippen LogP contribution < -0.4 is 15.8 Å². The summed E-state index contributed by atoms with van der Waals surface area (Å²) in [5.74, 6) is -3.48. The van der Waals surface area contributed by atoms with Crippen molar-refractivity contribution in [1.29, 1.82) is 0 Å². The lowest BCUT2D eigenvalue weighted by atomic mass is 10.00. The molecule has 6 nitrogen and oxygen atoms in total. The number of aryl methyl sites for hydroxylation is 1. The fourth-order valence-corrected chi connectivity index (χ4v) is 3.68. The number of carbonyl (C=O) groups excluding carboxylic acids is 1. The number of fused-ring (bicyclic) bond motifs is 1. The molecule has 0 saturated carbocycles. The molecule has 1 fully saturated rings. The van der Waals surface area contributed by atoms with Crippen molar-refractivity contribution in [3.8, 4) is 5.75 Å². The number of carbonyl (C=O) groups is 1. The van der Waals surface area contributed by atoms with Crippen molar-refractivity contribution < 1.29 is 35.9 Å². The maximum atomic E-state index is 14.4. The molecular formula is C22H24F5N3O3. The summed E-state index contributed by atoms with van der Waals surface area (Å²) in [6.07, 6.45) is -3.71. The molecule has 1 aromatic carbocycles. The predicted molar refractivity (Wildman–Crippen MR) is 112 cm³/mol. The Morgan fingerprint density at radius 1 is 1.42 bits per heavy atom. The Hall–Kier alpha value is -3.08. The average Bonchev–Trinajstić information content (AvgIpc) is 3.04. The number of amides is 1. The Balaban J connectivity index is 1.84. The van der Waals surface area contributed by atoms with Gasteiger partial charge in [0.15, 0.2) is 0 Å². The standard InChI is InChI=1S/C22H24F5N3O3/c1-4-13(19(28)22(25,26)27)10-32-14-5-6-16-15(9-14)18(12(2)33-16)20(31)29-17-7-8-30(3)11-21(17,23)24/h4-6,9,17H,1,7-8,10-11,28H2,2-3H3,(H,29,31)/b19-13+. The molecule has 1 aliphatic rings. The van der Waals surface area contributed by atoms with Gasteiger partial charge in [0.2, 0.25) is 0 Å².